The van der Waals surface area contributed by atoms with Crippen molar-refractivity contribution in [3.8, 4) is 0 Å². The number of benzene rings is 2. The topological polar surface area (TPSA) is 50.1 Å². The van der Waals surface area contributed by atoms with E-state index in [1.165, 1.54) is 27.9 Å². The Kier molecular flexibility index (Phi) is 5.84. The molecule has 3 aromatic rings. The molecule has 0 unspecified atom stereocenters. The summed E-state index contributed by atoms with van der Waals surface area (Å²) < 4.78 is 1.98. The number of nitrogens with zero attached hydrogens (tertiary/aromatic N) is 6. The van der Waals surface area contributed by atoms with E-state index < -0.39 is 0 Å². The quantitative estimate of drug-likeness (QED) is 0.633. The van der Waals surface area contributed by atoms with E-state index in [-0.39, 0.29) is 11.6 Å². The van der Waals surface area contributed by atoms with E-state index >= 15 is 0 Å². The maximum absolute atomic E-state index is 4.51. The number of hydrogen-bond acceptors (Lipinski definition) is 5. The van der Waals surface area contributed by atoms with Crippen LogP contribution >= 0.6 is 0 Å². The number of piperazine rings is 1. The molecule has 1 atom stereocenters. The van der Waals surface area contributed by atoms with Crippen molar-refractivity contribution in [1.82, 2.24) is 25.1 Å². The van der Waals surface area contributed by atoms with Crippen molar-refractivity contribution in [1.29, 1.82) is 0 Å². The highest BCUT2D eigenvalue weighted by atomic mass is 15.6. The molecule has 1 saturated heterocycles. The van der Waals surface area contributed by atoms with Gasteiger partial charge in [0.2, 0.25) is 0 Å². The molecule has 2 heterocycles. The SMILES string of the molecule is Cc1ccc([C@H](c2nnnn2C(C)(C)C)N2CCN(c3cccc(C)c3C)CC2)cc1. The minimum atomic E-state index is -0.178. The summed E-state index contributed by atoms with van der Waals surface area (Å²) in [5, 5.41) is 12.9. The second-order valence-corrected chi connectivity index (χ2v) is 9.67. The van der Waals surface area contributed by atoms with Crippen LogP contribution in [0.1, 0.15) is 54.9 Å². The van der Waals surface area contributed by atoms with E-state index in [4.69, 9.17) is 0 Å². The first kappa shape index (κ1) is 21.5. The highest BCUT2D eigenvalue weighted by molar-refractivity contribution is 5.56. The van der Waals surface area contributed by atoms with Gasteiger partial charge >= 0.3 is 0 Å². The molecular weight excluding hydrogens is 384 g/mol. The molecule has 0 N–H and O–H groups in total. The van der Waals surface area contributed by atoms with Crippen molar-refractivity contribution < 1.29 is 0 Å². The molecule has 0 spiro atoms. The molecule has 2 aromatic carbocycles. The van der Waals surface area contributed by atoms with E-state index in [0.29, 0.717) is 0 Å². The van der Waals surface area contributed by atoms with Gasteiger partial charge in [-0.25, -0.2) is 4.68 Å². The maximum Gasteiger partial charge on any atom is 0.173 e. The molecule has 4 rings (SSSR count). The fourth-order valence-electron chi connectivity index (χ4n) is 4.41. The molecule has 1 fully saturated rings. The Bertz CT molecular complexity index is 1020. The molecule has 0 amide bonds. The van der Waals surface area contributed by atoms with Crippen molar-refractivity contribution in [2.45, 2.75) is 53.1 Å². The van der Waals surface area contributed by atoms with Crippen LogP contribution in [0, 0.1) is 20.8 Å². The van der Waals surface area contributed by atoms with Crippen molar-refractivity contribution in [2.75, 3.05) is 31.1 Å². The van der Waals surface area contributed by atoms with Gasteiger partial charge in [-0.15, -0.1) is 5.10 Å². The molecule has 1 aromatic heterocycles. The molecule has 31 heavy (non-hydrogen) atoms. The minimum Gasteiger partial charge on any atom is -0.369 e. The van der Waals surface area contributed by atoms with E-state index in [1.54, 1.807) is 0 Å². The Balaban J connectivity index is 1.64. The van der Waals surface area contributed by atoms with Gasteiger partial charge in [-0.3, -0.25) is 4.90 Å². The zero-order valence-electron chi connectivity index (χ0n) is 19.6. The number of aromatic nitrogens is 4. The van der Waals surface area contributed by atoms with Gasteiger partial charge in [-0.2, -0.15) is 0 Å². The lowest BCUT2D eigenvalue weighted by Crippen LogP contribution is -2.49. The Morgan fingerprint density at radius 2 is 1.55 bits per heavy atom. The van der Waals surface area contributed by atoms with Crippen LogP contribution in [0.3, 0.4) is 0 Å². The molecule has 164 valence electrons. The Morgan fingerprint density at radius 1 is 0.871 bits per heavy atom. The first-order valence-electron chi connectivity index (χ1n) is 11.2. The van der Waals surface area contributed by atoms with Crippen LogP contribution in [0.2, 0.25) is 0 Å². The predicted molar refractivity (Wildman–Crippen MR) is 126 cm³/mol. The third-order valence-electron chi connectivity index (χ3n) is 6.36. The van der Waals surface area contributed by atoms with E-state index in [9.17, 15) is 0 Å². The fourth-order valence-corrected chi connectivity index (χ4v) is 4.41. The van der Waals surface area contributed by atoms with E-state index in [1.807, 2.05) is 4.68 Å². The summed E-state index contributed by atoms with van der Waals surface area (Å²) in [6.45, 7) is 16.9. The average molecular weight is 419 g/mol. The van der Waals surface area contributed by atoms with Crippen LogP contribution in [0.25, 0.3) is 0 Å². The number of hydrogen-bond donors (Lipinski definition) is 0. The van der Waals surface area contributed by atoms with Crippen LogP contribution in [0.15, 0.2) is 42.5 Å². The second kappa shape index (κ2) is 8.42. The highest BCUT2D eigenvalue weighted by Gasteiger charge is 2.33. The molecule has 0 saturated carbocycles. The summed E-state index contributed by atoms with van der Waals surface area (Å²) >= 11 is 0. The summed E-state index contributed by atoms with van der Waals surface area (Å²) in [7, 11) is 0. The molecule has 6 nitrogen and oxygen atoms in total. The van der Waals surface area contributed by atoms with Gasteiger partial charge in [0.15, 0.2) is 5.82 Å². The fraction of sp³-hybridized carbons (Fsp3) is 0.480. The minimum absolute atomic E-state index is 0.0376. The van der Waals surface area contributed by atoms with Gasteiger partial charge in [-0.05, 0) is 74.7 Å². The third kappa shape index (κ3) is 4.35. The van der Waals surface area contributed by atoms with Crippen molar-refractivity contribution in [2.24, 2.45) is 0 Å². The average Bonchev–Trinajstić information content (AvgIpc) is 3.22. The van der Waals surface area contributed by atoms with Crippen molar-refractivity contribution in [3.63, 3.8) is 0 Å². The lowest BCUT2D eigenvalue weighted by molar-refractivity contribution is 0.191. The van der Waals surface area contributed by atoms with Gasteiger partial charge in [0.25, 0.3) is 0 Å². The van der Waals surface area contributed by atoms with E-state index in [2.05, 4.69) is 109 Å². The monoisotopic (exact) mass is 418 g/mol. The number of aryl methyl sites for hydroxylation is 2. The van der Waals surface area contributed by atoms with Gasteiger partial charge < -0.3 is 4.90 Å². The summed E-state index contributed by atoms with van der Waals surface area (Å²) in [5.74, 6) is 0.913. The smallest absolute Gasteiger partial charge is 0.173 e. The largest absolute Gasteiger partial charge is 0.369 e. The first-order chi connectivity index (χ1) is 14.8. The number of anilines is 1. The standard InChI is InChI=1S/C25H34N6/c1-18-10-12-21(13-11-18)23(24-26-27-28-31(24)25(4,5)6)30-16-14-29(15-17-30)22-9-7-8-19(2)20(22)3/h7-13,23H,14-17H2,1-6H3/t23-/m1/s1. The maximum atomic E-state index is 4.51. The van der Waals surface area contributed by atoms with Crippen LogP contribution < -0.4 is 4.90 Å². The van der Waals surface area contributed by atoms with Gasteiger partial charge in [0.1, 0.15) is 0 Å². The lowest BCUT2D eigenvalue weighted by atomic mass is 10.00. The molecule has 0 bridgehead atoms. The van der Waals surface area contributed by atoms with Crippen LogP contribution in [-0.2, 0) is 5.54 Å². The van der Waals surface area contributed by atoms with Crippen LogP contribution in [0.5, 0.6) is 0 Å². The van der Waals surface area contributed by atoms with Crippen molar-refractivity contribution in [3.05, 3.63) is 70.5 Å². The molecule has 6 heteroatoms. The van der Waals surface area contributed by atoms with Gasteiger partial charge in [0, 0.05) is 31.9 Å². The normalized spacial score (nSPS) is 16.5. The molecule has 0 radical (unpaired) electrons. The summed E-state index contributed by atoms with van der Waals surface area (Å²) in [5.41, 5.74) is 6.40. The highest BCUT2D eigenvalue weighted by Crippen LogP contribution is 2.32. The predicted octanol–water partition coefficient (Wildman–Crippen LogP) is 4.26. The Labute approximate surface area is 185 Å². The summed E-state index contributed by atoms with van der Waals surface area (Å²) in [6, 6.07) is 15.4. The molecular formula is C25H34N6. The van der Waals surface area contributed by atoms with Crippen LogP contribution in [-0.4, -0.2) is 51.3 Å². The zero-order valence-corrected chi connectivity index (χ0v) is 19.6. The Hall–Kier alpha value is -2.73. The zero-order chi connectivity index (χ0) is 22.2. The number of tetrazole rings is 1. The second-order valence-electron chi connectivity index (χ2n) is 9.67. The third-order valence-corrected chi connectivity index (χ3v) is 6.36. The van der Waals surface area contributed by atoms with Crippen LogP contribution in [0.4, 0.5) is 5.69 Å². The van der Waals surface area contributed by atoms with Gasteiger partial charge in [0.05, 0.1) is 11.6 Å². The number of rotatable bonds is 4. The molecule has 0 aliphatic carbocycles. The Morgan fingerprint density at radius 3 is 2.19 bits per heavy atom. The summed E-state index contributed by atoms with van der Waals surface area (Å²) in [6.07, 6.45) is 0. The molecule has 1 aliphatic heterocycles. The van der Waals surface area contributed by atoms with Crippen molar-refractivity contribution >= 4 is 5.69 Å². The van der Waals surface area contributed by atoms with Gasteiger partial charge in [-0.1, -0.05) is 42.0 Å². The molecule has 1 aliphatic rings. The van der Waals surface area contributed by atoms with E-state index in [0.717, 1.165) is 32.0 Å². The lowest BCUT2D eigenvalue weighted by Gasteiger charge is -2.41. The summed E-state index contributed by atoms with van der Waals surface area (Å²) in [4.78, 5) is 5.04. The first-order valence-corrected chi connectivity index (χ1v) is 11.2.